The third kappa shape index (κ3) is 4.80. The van der Waals surface area contributed by atoms with E-state index in [0.717, 1.165) is 22.4 Å². The maximum absolute atomic E-state index is 12.1. The van der Waals surface area contributed by atoms with Crippen LogP contribution < -0.4 is 4.74 Å². The van der Waals surface area contributed by atoms with E-state index in [0.29, 0.717) is 23.3 Å². The van der Waals surface area contributed by atoms with E-state index in [1.807, 2.05) is 55.5 Å². The summed E-state index contributed by atoms with van der Waals surface area (Å²) in [6.45, 7) is 7.88. The zero-order chi connectivity index (χ0) is 20.1. The van der Waals surface area contributed by atoms with Gasteiger partial charge in [-0.2, -0.15) is 0 Å². The zero-order valence-corrected chi connectivity index (χ0v) is 16.7. The molecule has 1 aromatic heterocycles. The maximum Gasteiger partial charge on any atom is 0.344 e. The number of nitrogens with zero attached hydrogens (tertiary/aromatic N) is 1. The number of rotatable bonds is 7. The first kappa shape index (κ1) is 19.7. The second kappa shape index (κ2) is 8.74. The monoisotopic (exact) mass is 379 g/mol. The summed E-state index contributed by atoms with van der Waals surface area (Å²) in [7, 11) is 0. The Morgan fingerprint density at radius 1 is 1.11 bits per heavy atom. The van der Waals surface area contributed by atoms with Crippen LogP contribution in [0.3, 0.4) is 0 Å². The number of aryl methyl sites for hydroxylation is 2. The topological polar surface area (TPSA) is 61.6 Å². The van der Waals surface area contributed by atoms with Crippen molar-refractivity contribution in [3.8, 4) is 17.2 Å². The molecular formula is C23H25NO4. The van der Waals surface area contributed by atoms with Gasteiger partial charge in [0.25, 0.3) is 0 Å². The molecule has 0 saturated carbocycles. The minimum absolute atomic E-state index is 0.0508. The van der Waals surface area contributed by atoms with Crippen molar-refractivity contribution in [3.63, 3.8) is 0 Å². The standard InChI is InChI=1S/C23H25NO4/c1-15(2)19-11-10-16(3)12-21(19)26-14-22(25)27-13-20-17(4)28-23(24-20)18-8-6-5-7-9-18/h5-12,15H,13-14H2,1-4H3. The molecule has 5 nitrogen and oxygen atoms in total. The maximum atomic E-state index is 12.1. The molecule has 28 heavy (non-hydrogen) atoms. The van der Waals surface area contributed by atoms with Crippen molar-refractivity contribution >= 4 is 5.97 Å². The first-order valence-corrected chi connectivity index (χ1v) is 9.34. The molecule has 2 aromatic carbocycles. The Hall–Kier alpha value is -3.08. The largest absolute Gasteiger partial charge is 0.482 e. The molecule has 0 aliphatic heterocycles. The van der Waals surface area contributed by atoms with Gasteiger partial charge in [0.05, 0.1) is 0 Å². The molecule has 0 N–H and O–H groups in total. The van der Waals surface area contributed by atoms with Gasteiger partial charge in [-0.25, -0.2) is 9.78 Å². The van der Waals surface area contributed by atoms with Gasteiger partial charge in [0.1, 0.15) is 23.8 Å². The SMILES string of the molecule is Cc1ccc(C(C)C)c(OCC(=O)OCc2nc(-c3ccccc3)oc2C)c1. The van der Waals surface area contributed by atoms with Crippen LogP contribution in [0.25, 0.3) is 11.5 Å². The van der Waals surface area contributed by atoms with Crippen LogP contribution in [-0.4, -0.2) is 17.6 Å². The van der Waals surface area contributed by atoms with Crippen LogP contribution in [0.1, 0.15) is 42.3 Å². The summed E-state index contributed by atoms with van der Waals surface area (Å²) in [5.74, 6) is 1.73. The first-order valence-electron chi connectivity index (χ1n) is 9.34. The van der Waals surface area contributed by atoms with E-state index in [2.05, 4.69) is 18.8 Å². The fraction of sp³-hybridized carbons (Fsp3) is 0.304. The van der Waals surface area contributed by atoms with E-state index >= 15 is 0 Å². The van der Waals surface area contributed by atoms with Crippen molar-refractivity contribution in [3.05, 3.63) is 71.1 Å². The minimum atomic E-state index is -0.445. The van der Waals surface area contributed by atoms with Crippen molar-refractivity contribution in [2.45, 2.75) is 40.2 Å². The zero-order valence-electron chi connectivity index (χ0n) is 16.7. The highest BCUT2D eigenvalue weighted by molar-refractivity contribution is 5.71. The van der Waals surface area contributed by atoms with Crippen LogP contribution in [0.4, 0.5) is 0 Å². The lowest BCUT2D eigenvalue weighted by molar-refractivity contribution is -0.147. The van der Waals surface area contributed by atoms with Crippen molar-refractivity contribution in [1.29, 1.82) is 0 Å². The molecule has 0 radical (unpaired) electrons. The van der Waals surface area contributed by atoms with Crippen LogP contribution in [0.5, 0.6) is 5.75 Å². The second-order valence-corrected chi connectivity index (χ2v) is 7.03. The quantitative estimate of drug-likeness (QED) is 0.528. The predicted molar refractivity (Wildman–Crippen MR) is 107 cm³/mol. The fourth-order valence-electron chi connectivity index (χ4n) is 2.84. The molecule has 3 rings (SSSR count). The molecule has 5 heteroatoms. The summed E-state index contributed by atoms with van der Waals surface area (Å²) in [5.41, 5.74) is 3.63. The number of hydrogen-bond donors (Lipinski definition) is 0. The number of aromatic nitrogens is 1. The van der Waals surface area contributed by atoms with Crippen LogP contribution >= 0.6 is 0 Å². The molecule has 146 valence electrons. The van der Waals surface area contributed by atoms with Gasteiger partial charge in [0.2, 0.25) is 5.89 Å². The van der Waals surface area contributed by atoms with E-state index in [4.69, 9.17) is 13.9 Å². The van der Waals surface area contributed by atoms with Gasteiger partial charge in [-0.3, -0.25) is 0 Å². The molecular weight excluding hydrogens is 354 g/mol. The molecule has 0 unspecified atom stereocenters. The van der Waals surface area contributed by atoms with Crippen LogP contribution in [-0.2, 0) is 16.1 Å². The summed E-state index contributed by atoms with van der Waals surface area (Å²) in [6.07, 6.45) is 0. The normalized spacial score (nSPS) is 10.9. The molecule has 0 fully saturated rings. The lowest BCUT2D eigenvalue weighted by atomic mass is 10.0. The van der Waals surface area contributed by atoms with Gasteiger partial charge in [-0.15, -0.1) is 0 Å². The Labute approximate surface area is 165 Å². The lowest BCUT2D eigenvalue weighted by Crippen LogP contribution is -2.16. The summed E-state index contributed by atoms with van der Waals surface area (Å²) in [5, 5.41) is 0. The Kier molecular flexibility index (Phi) is 6.14. The number of carbonyl (C=O) groups excluding carboxylic acids is 1. The highest BCUT2D eigenvalue weighted by atomic mass is 16.6. The molecule has 3 aromatic rings. The number of hydrogen-bond acceptors (Lipinski definition) is 5. The van der Waals surface area contributed by atoms with Gasteiger partial charge in [0, 0.05) is 5.56 Å². The Balaban J connectivity index is 1.58. The van der Waals surface area contributed by atoms with Crippen LogP contribution in [0.15, 0.2) is 52.9 Å². The average molecular weight is 379 g/mol. The summed E-state index contributed by atoms with van der Waals surface area (Å²) in [6, 6.07) is 15.6. The number of esters is 1. The summed E-state index contributed by atoms with van der Waals surface area (Å²) < 4.78 is 16.7. The third-order valence-corrected chi connectivity index (χ3v) is 4.42. The molecule has 0 atom stereocenters. The van der Waals surface area contributed by atoms with E-state index in [-0.39, 0.29) is 13.2 Å². The van der Waals surface area contributed by atoms with E-state index in [9.17, 15) is 4.79 Å². The van der Waals surface area contributed by atoms with Crippen molar-refractivity contribution in [2.75, 3.05) is 6.61 Å². The van der Waals surface area contributed by atoms with Gasteiger partial charge in [-0.05, 0) is 49.1 Å². The van der Waals surface area contributed by atoms with Crippen molar-refractivity contribution in [1.82, 2.24) is 4.98 Å². The Morgan fingerprint density at radius 2 is 1.86 bits per heavy atom. The second-order valence-electron chi connectivity index (χ2n) is 7.03. The molecule has 0 spiro atoms. The van der Waals surface area contributed by atoms with E-state index in [1.165, 1.54) is 0 Å². The summed E-state index contributed by atoms with van der Waals surface area (Å²) >= 11 is 0. The number of benzene rings is 2. The van der Waals surface area contributed by atoms with Crippen LogP contribution in [0, 0.1) is 13.8 Å². The smallest absolute Gasteiger partial charge is 0.344 e. The van der Waals surface area contributed by atoms with E-state index in [1.54, 1.807) is 6.92 Å². The minimum Gasteiger partial charge on any atom is -0.482 e. The third-order valence-electron chi connectivity index (χ3n) is 4.42. The van der Waals surface area contributed by atoms with Gasteiger partial charge < -0.3 is 13.9 Å². The van der Waals surface area contributed by atoms with E-state index < -0.39 is 5.97 Å². The lowest BCUT2D eigenvalue weighted by Gasteiger charge is -2.14. The van der Waals surface area contributed by atoms with Crippen molar-refractivity contribution < 1.29 is 18.7 Å². The van der Waals surface area contributed by atoms with Gasteiger partial charge in [0.15, 0.2) is 6.61 Å². The molecule has 1 heterocycles. The molecule has 0 saturated heterocycles. The molecule has 0 aliphatic carbocycles. The van der Waals surface area contributed by atoms with Gasteiger partial charge in [-0.1, -0.05) is 44.2 Å². The summed E-state index contributed by atoms with van der Waals surface area (Å²) in [4.78, 5) is 16.6. The molecule has 0 aliphatic rings. The Bertz CT molecular complexity index is 944. The number of carbonyl (C=O) groups is 1. The van der Waals surface area contributed by atoms with Crippen LogP contribution in [0.2, 0.25) is 0 Å². The average Bonchev–Trinajstić information content (AvgIpc) is 3.06. The molecule has 0 amide bonds. The number of ether oxygens (including phenoxy) is 2. The Morgan fingerprint density at radius 3 is 2.57 bits per heavy atom. The predicted octanol–water partition coefficient (Wildman–Crippen LogP) is 5.20. The highest BCUT2D eigenvalue weighted by Crippen LogP contribution is 2.27. The highest BCUT2D eigenvalue weighted by Gasteiger charge is 2.15. The van der Waals surface area contributed by atoms with Crippen molar-refractivity contribution in [2.24, 2.45) is 0 Å². The number of oxazole rings is 1. The fourth-order valence-corrected chi connectivity index (χ4v) is 2.84. The molecule has 0 bridgehead atoms. The van der Waals surface area contributed by atoms with Gasteiger partial charge >= 0.3 is 5.97 Å². The first-order chi connectivity index (χ1) is 13.4.